The normalized spacial score (nSPS) is 12.0. The molecule has 1 aromatic carbocycles. The van der Waals surface area contributed by atoms with E-state index in [-0.39, 0.29) is 5.91 Å². The first-order valence-electron chi connectivity index (χ1n) is 5.68. The van der Waals surface area contributed by atoms with Gasteiger partial charge >= 0.3 is 0 Å². The summed E-state index contributed by atoms with van der Waals surface area (Å²) in [5.74, 6) is 0.334. The Kier molecular flexibility index (Phi) is 5.11. The van der Waals surface area contributed by atoms with Crippen LogP contribution in [-0.2, 0) is 4.79 Å². The SMILES string of the molecule is Cc1nnc(NC(=O)[C@H](C)Oc2ccc(Br)cc2Br)s1. The third kappa shape index (κ3) is 4.00. The molecule has 1 N–H and O–H groups in total. The van der Waals surface area contributed by atoms with E-state index in [2.05, 4.69) is 47.4 Å². The van der Waals surface area contributed by atoms with Crippen molar-refractivity contribution in [3.63, 3.8) is 0 Å². The first-order valence-corrected chi connectivity index (χ1v) is 8.08. The zero-order valence-corrected chi connectivity index (χ0v) is 14.7. The molecule has 20 heavy (non-hydrogen) atoms. The van der Waals surface area contributed by atoms with Crippen molar-refractivity contribution in [2.75, 3.05) is 5.32 Å². The summed E-state index contributed by atoms with van der Waals surface area (Å²) in [4.78, 5) is 12.0. The number of hydrogen-bond donors (Lipinski definition) is 1. The third-order valence-electron chi connectivity index (χ3n) is 2.32. The second-order valence-electron chi connectivity index (χ2n) is 3.95. The van der Waals surface area contributed by atoms with E-state index in [9.17, 15) is 4.79 Å². The number of nitrogens with one attached hydrogen (secondary N) is 1. The molecule has 0 saturated carbocycles. The summed E-state index contributed by atoms with van der Waals surface area (Å²) in [6.45, 7) is 3.50. The van der Waals surface area contributed by atoms with E-state index in [1.807, 2.05) is 19.1 Å². The molecule has 2 aromatic rings. The molecule has 0 fully saturated rings. The van der Waals surface area contributed by atoms with E-state index in [1.54, 1.807) is 13.0 Å². The molecule has 0 radical (unpaired) electrons. The average Bonchev–Trinajstić information content (AvgIpc) is 2.78. The summed E-state index contributed by atoms with van der Waals surface area (Å²) >= 11 is 8.07. The second-order valence-corrected chi connectivity index (χ2v) is 6.90. The van der Waals surface area contributed by atoms with Crippen molar-refractivity contribution in [2.24, 2.45) is 0 Å². The molecule has 0 spiro atoms. The van der Waals surface area contributed by atoms with Crippen LogP contribution in [-0.4, -0.2) is 22.2 Å². The van der Waals surface area contributed by atoms with Crippen LogP contribution in [0.1, 0.15) is 11.9 Å². The van der Waals surface area contributed by atoms with Crippen LogP contribution < -0.4 is 10.1 Å². The highest BCUT2D eigenvalue weighted by molar-refractivity contribution is 9.11. The first-order chi connectivity index (χ1) is 9.45. The lowest BCUT2D eigenvalue weighted by molar-refractivity contribution is -0.122. The summed E-state index contributed by atoms with van der Waals surface area (Å²) in [5.41, 5.74) is 0. The van der Waals surface area contributed by atoms with Crippen molar-refractivity contribution in [1.29, 1.82) is 0 Å². The highest BCUT2D eigenvalue weighted by Gasteiger charge is 2.17. The summed E-state index contributed by atoms with van der Waals surface area (Å²) in [5, 5.41) is 11.6. The van der Waals surface area contributed by atoms with E-state index < -0.39 is 6.10 Å². The van der Waals surface area contributed by atoms with Crippen molar-refractivity contribution in [1.82, 2.24) is 10.2 Å². The minimum atomic E-state index is -0.642. The largest absolute Gasteiger partial charge is 0.480 e. The predicted molar refractivity (Wildman–Crippen MR) is 85.2 cm³/mol. The van der Waals surface area contributed by atoms with Crippen LogP contribution in [0.25, 0.3) is 0 Å². The predicted octanol–water partition coefficient (Wildman–Crippen LogP) is 3.78. The molecule has 8 heteroatoms. The van der Waals surface area contributed by atoms with Crippen LogP contribution >= 0.6 is 43.2 Å². The van der Waals surface area contributed by atoms with Crippen LogP contribution in [0.3, 0.4) is 0 Å². The van der Waals surface area contributed by atoms with Gasteiger partial charge in [0.05, 0.1) is 4.47 Å². The molecule has 5 nitrogen and oxygen atoms in total. The Hall–Kier alpha value is -0.990. The van der Waals surface area contributed by atoms with Crippen LogP contribution in [0.4, 0.5) is 5.13 Å². The van der Waals surface area contributed by atoms with Gasteiger partial charge in [0.2, 0.25) is 5.13 Å². The van der Waals surface area contributed by atoms with E-state index in [0.29, 0.717) is 10.9 Å². The fourth-order valence-corrected chi connectivity index (χ4v) is 3.10. The Bertz CT molecular complexity index is 633. The monoisotopic (exact) mass is 419 g/mol. The molecule has 0 unspecified atom stereocenters. The van der Waals surface area contributed by atoms with Gasteiger partial charge in [0, 0.05) is 4.47 Å². The number of carbonyl (C=O) groups is 1. The standard InChI is InChI=1S/C12H11Br2N3O2S/c1-6(11(18)15-12-17-16-7(2)20-12)19-10-4-3-8(13)5-9(10)14/h3-6H,1-2H3,(H,15,17,18)/t6-/m0/s1. The minimum absolute atomic E-state index is 0.268. The van der Waals surface area contributed by atoms with Gasteiger partial charge in [0.1, 0.15) is 10.8 Å². The third-order valence-corrected chi connectivity index (χ3v) is 4.19. The van der Waals surface area contributed by atoms with Gasteiger partial charge in [-0.15, -0.1) is 10.2 Å². The zero-order chi connectivity index (χ0) is 14.7. The number of carbonyl (C=O) groups excluding carboxylic acids is 1. The number of amides is 1. The van der Waals surface area contributed by atoms with Crippen LogP contribution in [0, 0.1) is 6.92 Å². The molecule has 0 aliphatic heterocycles. The number of halogens is 2. The van der Waals surface area contributed by atoms with Gasteiger partial charge in [0.25, 0.3) is 5.91 Å². The molecular weight excluding hydrogens is 410 g/mol. The smallest absolute Gasteiger partial charge is 0.266 e. The molecule has 1 heterocycles. The van der Waals surface area contributed by atoms with Gasteiger partial charge in [-0.25, -0.2) is 0 Å². The molecule has 2 rings (SSSR count). The number of rotatable bonds is 4. The van der Waals surface area contributed by atoms with E-state index in [1.165, 1.54) is 11.3 Å². The number of aryl methyl sites for hydroxylation is 1. The van der Waals surface area contributed by atoms with E-state index in [4.69, 9.17) is 4.74 Å². The summed E-state index contributed by atoms with van der Waals surface area (Å²) in [6, 6.07) is 5.49. The quantitative estimate of drug-likeness (QED) is 0.817. The maximum Gasteiger partial charge on any atom is 0.266 e. The zero-order valence-electron chi connectivity index (χ0n) is 10.7. The topological polar surface area (TPSA) is 64.1 Å². The van der Waals surface area contributed by atoms with Crippen LogP contribution in [0.15, 0.2) is 27.1 Å². The fourth-order valence-electron chi connectivity index (χ4n) is 1.37. The second kappa shape index (κ2) is 6.64. The van der Waals surface area contributed by atoms with Gasteiger partial charge in [-0.1, -0.05) is 27.3 Å². The van der Waals surface area contributed by atoms with Crippen molar-refractivity contribution in [2.45, 2.75) is 20.0 Å². The lowest BCUT2D eigenvalue weighted by atomic mass is 10.3. The van der Waals surface area contributed by atoms with Crippen LogP contribution in [0.5, 0.6) is 5.75 Å². The molecule has 106 valence electrons. The molecule has 0 aliphatic rings. The van der Waals surface area contributed by atoms with Crippen molar-refractivity contribution >= 4 is 54.2 Å². The number of ether oxygens (including phenoxy) is 1. The summed E-state index contributed by atoms with van der Waals surface area (Å²) in [6.07, 6.45) is -0.642. The molecular formula is C12H11Br2N3O2S. The van der Waals surface area contributed by atoms with Gasteiger partial charge in [-0.05, 0) is 48.0 Å². The highest BCUT2D eigenvalue weighted by Crippen LogP contribution is 2.29. The number of aromatic nitrogens is 2. The number of anilines is 1. The van der Waals surface area contributed by atoms with Gasteiger partial charge < -0.3 is 4.74 Å². The van der Waals surface area contributed by atoms with Crippen molar-refractivity contribution in [3.8, 4) is 5.75 Å². The Morgan fingerprint density at radius 3 is 2.75 bits per heavy atom. The number of benzene rings is 1. The van der Waals surface area contributed by atoms with Gasteiger partial charge in [0.15, 0.2) is 6.10 Å². The molecule has 1 atom stereocenters. The van der Waals surface area contributed by atoms with E-state index in [0.717, 1.165) is 14.0 Å². The maximum absolute atomic E-state index is 12.0. The van der Waals surface area contributed by atoms with Crippen molar-refractivity contribution in [3.05, 3.63) is 32.2 Å². The van der Waals surface area contributed by atoms with Crippen molar-refractivity contribution < 1.29 is 9.53 Å². The lowest BCUT2D eigenvalue weighted by Crippen LogP contribution is -2.30. The lowest BCUT2D eigenvalue weighted by Gasteiger charge is -2.14. The Morgan fingerprint density at radius 2 is 2.15 bits per heavy atom. The minimum Gasteiger partial charge on any atom is -0.480 e. The molecule has 1 amide bonds. The Labute approximate surface area is 137 Å². The number of nitrogens with zero attached hydrogens (tertiary/aromatic N) is 2. The van der Waals surface area contributed by atoms with Gasteiger partial charge in [-0.2, -0.15) is 0 Å². The molecule has 1 aromatic heterocycles. The Balaban J connectivity index is 2.00. The van der Waals surface area contributed by atoms with Crippen LogP contribution in [0.2, 0.25) is 0 Å². The fraction of sp³-hybridized carbons (Fsp3) is 0.250. The Morgan fingerprint density at radius 1 is 1.40 bits per heavy atom. The molecule has 0 aliphatic carbocycles. The highest BCUT2D eigenvalue weighted by atomic mass is 79.9. The molecule has 0 bridgehead atoms. The first kappa shape index (κ1) is 15.4. The molecule has 0 saturated heterocycles. The summed E-state index contributed by atoms with van der Waals surface area (Å²) < 4.78 is 7.32. The number of hydrogen-bond acceptors (Lipinski definition) is 5. The summed E-state index contributed by atoms with van der Waals surface area (Å²) in [7, 11) is 0. The maximum atomic E-state index is 12.0. The average molecular weight is 421 g/mol. The van der Waals surface area contributed by atoms with E-state index >= 15 is 0 Å². The van der Waals surface area contributed by atoms with Gasteiger partial charge in [-0.3, -0.25) is 10.1 Å².